The first-order chi connectivity index (χ1) is 12.7. The number of benzene rings is 1. The second kappa shape index (κ2) is 7.15. The van der Waals surface area contributed by atoms with E-state index < -0.39 is 0 Å². The monoisotopic (exact) mass is 384 g/mol. The van der Waals surface area contributed by atoms with Crippen LogP contribution in [-0.2, 0) is 12.5 Å². The van der Waals surface area contributed by atoms with Gasteiger partial charge in [0.05, 0.1) is 18.5 Å². The van der Waals surface area contributed by atoms with Crippen molar-refractivity contribution in [2.75, 3.05) is 12.4 Å². The number of thiazole rings is 1. The molecule has 0 atom stereocenters. The van der Waals surface area contributed by atoms with Gasteiger partial charge < -0.3 is 4.74 Å². The number of hydrogen-bond acceptors (Lipinski definition) is 5. The molecule has 0 spiro atoms. The average Bonchev–Trinajstić information content (AvgIpc) is 3.21. The second-order valence-corrected chi connectivity index (χ2v) is 8.34. The Morgan fingerprint density at radius 2 is 2.00 bits per heavy atom. The summed E-state index contributed by atoms with van der Waals surface area (Å²) in [5.41, 5.74) is 4.06. The molecule has 1 N–H and O–H groups in total. The van der Waals surface area contributed by atoms with Gasteiger partial charge in [0.15, 0.2) is 5.13 Å². The van der Waals surface area contributed by atoms with Crippen molar-refractivity contribution in [2.45, 2.75) is 33.1 Å². The van der Waals surface area contributed by atoms with Gasteiger partial charge >= 0.3 is 0 Å². The van der Waals surface area contributed by atoms with Gasteiger partial charge in [-0.2, -0.15) is 5.10 Å². The molecule has 6 nitrogen and oxygen atoms in total. The summed E-state index contributed by atoms with van der Waals surface area (Å²) in [6.45, 7) is 8.23. The van der Waals surface area contributed by atoms with Gasteiger partial charge in [-0.1, -0.05) is 32.4 Å². The van der Waals surface area contributed by atoms with E-state index in [1.165, 1.54) is 11.3 Å². The van der Waals surface area contributed by atoms with Crippen LogP contribution in [-0.4, -0.2) is 27.8 Å². The fraction of sp³-hybridized carbons (Fsp3) is 0.350. The van der Waals surface area contributed by atoms with Crippen molar-refractivity contribution in [1.29, 1.82) is 0 Å². The summed E-state index contributed by atoms with van der Waals surface area (Å²) < 4.78 is 7.04. The highest BCUT2D eigenvalue weighted by molar-refractivity contribution is 7.14. The Kier molecular flexibility index (Phi) is 5.06. The molecule has 0 saturated heterocycles. The number of carbonyl (C=O) groups excluding carboxylic acids is 1. The second-order valence-electron chi connectivity index (χ2n) is 7.48. The third-order valence-corrected chi connectivity index (χ3v) is 4.99. The van der Waals surface area contributed by atoms with E-state index in [1.54, 1.807) is 18.8 Å². The smallest absolute Gasteiger partial charge is 0.275 e. The number of ether oxygens (including phenoxy) is 1. The number of aromatic nitrogens is 3. The van der Waals surface area contributed by atoms with Gasteiger partial charge in [-0.3, -0.25) is 14.8 Å². The summed E-state index contributed by atoms with van der Waals surface area (Å²) >= 11 is 1.38. The molecule has 0 fully saturated rings. The number of rotatable bonds is 4. The molecule has 0 saturated carbocycles. The first kappa shape index (κ1) is 19.1. The summed E-state index contributed by atoms with van der Waals surface area (Å²) in [5.74, 6) is 0.530. The van der Waals surface area contributed by atoms with Crippen LogP contribution in [0.25, 0.3) is 11.3 Å². The largest absolute Gasteiger partial charge is 0.496 e. The Bertz CT molecular complexity index is 982. The topological polar surface area (TPSA) is 69.0 Å². The fourth-order valence-corrected chi connectivity index (χ4v) is 3.39. The molecular formula is C20H24N4O2S. The quantitative estimate of drug-likeness (QED) is 0.723. The number of anilines is 1. The van der Waals surface area contributed by atoms with E-state index in [0.717, 1.165) is 28.3 Å². The molecule has 7 heteroatoms. The van der Waals surface area contributed by atoms with Gasteiger partial charge in [-0.05, 0) is 25.1 Å². The number of nitrogens with one attached hydrogen (secondary N) is 1. The third kappa shape index (κ3) is 4.03. The lowest BCUT2D eigenvalue weighted by Crippen LogP contribution is -2.15. The summed E-state index contributed by atoms with van der Waals surface area (Å²) in [4.78, 5) is 17.2. The minimum Gasteiger partial charge on any atom is -0.496 e. The normalized spacial score (nSPS) is 11.5. The molecule has 27 heavy (non-hydrogen) atoms. The van der Waals surface area contributed by atoms with Crippen molar-refractivity contribution in [2.24, 2.45) is 7.05 Å². The Labute approximate surface area is 163 Å². The molecule has 3 aromatic rings. The Morgan fingerprint density at radius 3 is 2.63 bits per heavy atom. The first-order valence-corrected chi connectivity index (χ1v) is 9.53. The standard InChI is InChI=1S/C20H24N4O2S/c1-12-7-8-16(26-6)13(9-12)14-11-27-19(21-14)22-18(25)15-10-17(20(2,3)4)23-24(15)5/h7-11H,1-6H3,(H,21,22,25). The number of aryl methyl sites for hydroxylation is 2. The third-order valence-electron chi connectivity index (χ3n) is 4.24. The SMILES string of the molecule is COc1ccc(C)cc1-c1csc(NC(=O)c2cc(C(C)(C)C)nn2C)n1. The van der Waals surface area contributed by atoms with Crippen LogP contribution in [0, 0.1) is 6.92 Å². The van der Waals surface area contributed by atoms with Gasteiger partial charge in [0, 0.05) is 23.4 Å². The van der Waals surface area contributed by atoms with Crippen molar-refractivity contribution < 1.29 is 9.53 Å². The molecule has 3 rings (SSSR count). The maximum atomic E-state index is 12.7. The molecule has 0 aliphatic rings. The number of methoxy groups -OCH3 is 1. The maximum absolute atomic E-state index is 12.7. The van der Waals surface area contributed by atoms with Gasteiger partial charge in [0.25, 0.3) is 5.91 Å². The van der Waals surface area contributed by atoms with Crippen LogP contribution in [0.3, 0.4) is 0 Å². The Morgan fingerprint density at radius 1 is 1.26 bits per heavy atom. The molecule has 1 aromatic carbocycles. The molecule has 1 amide bonds. The maximum Gasteiger partial charge on any atom is 0.275 e. The van der Waals surface area contributed by atoms with E-state index >= 15 is 0 Å². The predicted octanol–water partition coefficient (Wildman–Crippen LogP) is 4.41. The van der Waals surface area contributed by atoms with E-state index in [1.807, 2.05) is 36.6 Å². The van der Waals surface area contributed by atoms with Crippen molar-refractivity contribution in [3.05, 3.63) is 46.6 Å². The summed E-state index contributed by atoms with van der Waals surface area (Å²) in [5, 5.41) is 9.78. The van der Waals surface area contributed by atoms with Gasteiger partial charge in [0.2, 0.25) is 0 Å². The zero-order valence-corrected chi connectivity index (χ0v) is 17.3. The van der Waals surface area contributed by atoms with Crippen LogP contribution in [0.4, 0.5) is 5.13 Å². The number of amides is 1. The Hall–Kier alpha value is -2.67. The lowest BCUT2D eigenvalue weighted by atomic mass is 9.92. The van der Waals surface area contributed by atoms with Crippen molar-refractivity contribution >= 4 is 22.4 Å². The van der Waals surface area contributed by atoms with Crippen LogP contribution in [0.2, 0.25) is 0 Å². The average molecular weight is 385 g/mol. The van der Waals surface area contributed by atoms with Gasteiger partial charge in [0.1, 0.15) is 11.4 Å². The van der Waals surface area contributed by atoms with Crippen LogP contribution < -0.4 is 10.1 Å². The highest BCUT2D eigenvalue weighted by Crippen LogP contribution is 2.33. The van der Waals surface area contributed by atoms with Crippen LogP contribution in [0.15, 0.2) is 29.6 Å². The van der Waals surface area contributed by atoms with E-state index in [2.05, 4.69) is 36.2 Å². The van der Waals surface area contributed by atoms with Gasteiger partial charge in [-0.25, -0.2) is 4.98 Å². The minimum atomic E-state index is -0.224. The highest BCUT2D eigenvalue weighted by Gasteiger charge is 2.22. The predicted molar refractivity (Wildman–Crippen MR) is 109 cm³/mol. The lowest BCUT2D eigenvalue weighted by molar-refractivity contribution is 0.101. The summed E-state index contributed by atoms with van der Waals surface area (Å²) in [6.07, 6.45) is 0. The van der Waals surface area contributed by atoms with Gasteiger partial charge in [-0.15, -0.1) is 11.3 Å². The number of hydrogen-bond donors (Lipinski definition) is 1. The van der Waals surface area contributed by atoms with Crippen LogP contribution >= 0.6 is 11.3 Å². The van der Waals surface area contributed by atoms with E-state index in [9.17, 15) is 4.79 Å². The highest BCUT2D eigenvalue weighted by atomic mass is 32.1. The number of carbonyl (C=O) groups is 1. The molecule has 0 radical (unpaired) electrons. The minimum absolute atomic E-state index is 0.119. The zero-order valence-electron chi connectivity index (χ0n) is 16.5. The van der Waals surface area contributed by atoms with Crippen LogP contribution in [0.1, 0.15) is 42.5 Å². The molecule has 0 aliphatic heterocycles. The molecule has 142 valence electrons. The van der Waals surface area contributed by atoms with E-state index in [4.69, 9.17) is 4.74 Å². The van der Waals surface area contributed by atoms with Crippen molar-refractivity contribution in [1.82, 2.24) is 14.8 Å². The summed E-state index contributed by atoms with van der Waals surface area (Å²) in [6, 6.07) is 7.77. The molecular weight excluding hydrogens is 360 g/mol. The molecule has 0 aliphatic carbocycles. The Balaban J connectivity index is 1.84. The van der Waals surface area contributed by atoms with Crippen LogP contribution in [0.5, 0.6) is 5.75 Å². The van der Waals surface area contributed by atoms with Crippen molar-refractivity contribution in [3.8, 4) is 17.0 Å². The summed E-state index contributed by atoms with van der Waals surface area (Å²) in [7, 11) is 3.41. The zero-order chi connectivity index (χ0) is 19.8. The fourth-order valence-electron chi connectivity index (χ4n) is 2.68. The van der Waals surface area contributed by atoms with Crippen molar-refractivity contribution in [3.63, 3.8) is 0 Å². The molecule has 0 unspecified atom stereocenters. The lowest BCUT2D eigenvalue weighted by Gasteiger charge is -2.13. The first-order valence-electron chi connectivity index (χ1n) is 8.65. The van der Waals surface area contributed by atoms with E-state index in [0.29, 0.717) is 10.8 Å². The molecule has 2 heterocycles. The van der Waals surface area contributed by atoms with E-state index in [-0.39, 0.29) is 11.3 Å². The molecule has 0 bridgehead atoms. The number of nitrogens with zero attached hydrogens (tertiary/aromatic N) is 3. The molecule has 2 aromatic heterocycles.